The van der Waals surface area contributed by atoms with E-state index in [1.807, 2.05) is 54.3 Å². The first-order valence-corrected chi connectivity index (χ1v) is 22.0. The van der Waals surface area contributed by atoms with E-state index in [-0.39, 0.29) is 36.2 Å². The minimum atomic E-state index is -0.647. The number of hydrogen-bond acceptors (Lipinski definition) is 10. The summed E-state index contributed by atoms with van der Waals surface area (Å²) in [5.41, 5.74) is 6.33. The molecule has 4 aliphatic rings. The maximum atomic E-state index is 13.3. The molecule has 0 radical (unpaired) electrons. The highest BCUT2D eigenvalue weighted by atomic mass is 16.2. The molecule has 1 atom stereocenters. The van der Waals surface area contributed by atoms with Crippen molar-refractivity contribution in [3.63, 3.8) is 0 Å². The predicted octanol–water partition coefficient (Wildman–Crippen LogP) is 5.62. The number of benzene rings is 3. The van der Waals surface area contributed by atoms with E-state index in [0.29, 0.717) is 73.0 Å². The number of nitrogens with one attached hydrogen (secondary N) is 6. The van der Waals surface area contributed by atoms with Crippen molar-refractivity contribution in [2.45, 2.75) is 95.3 Å². The van der Waals surface area contributed by atoms with Crippen molar-refractivity contribution in [3.8, 4) is 11.8 Å². The summed E-state index contributed by atoms with van der Waals surface area (Å²) in [4.78, 5) is 75.5. The summed E-state index contributed by atoms with van der Waals surface area (Å²) in [5.74, 6) is 6.82. The molecule has 6 amide bonds. The first-order valence-electron chi connectivity index (χ1n) is 22.0. The van der Waals surface area contributed by atoms with Gasteiger partial charge in [0.15, 0.2) is 0 Å². The monoisotopic (exact) mass is 850 g/mol. The van der Waals surface area contributed by atoms with Gasteiger partial charge in [-0.15, -0.1) is 0 Å². The zero-order chi connectivity index (χ0) is 43.9. The molecule has 6 N–H and O–H groups in total. The third-order valence-electron chi connectivity index (χ3n) is 12.6. The Morgan fingerprint density at radius 3 is 2.40 bits per heavy atom. The van der Waals surface area contributed by atoms with E-state index in [1.54, 1.807) is 30.3 Å². The minimum absolute atomic E-state index is 0.0260. The molecular formula is C48H54N10O5. The molecule has 4 heterocycles. The fourth-order valence-corrected chi connectivity index (χ4v) is 8.97. The molecule has 63 heavy (non-hydrogen) atoms. The lowest BCUT2D eigenvalue weighted by atomic mass is 9.89. The van der Waals surface area contributed by atoms with E-state index in [4.69, 9.17) is 0 Å². The van der Waals surface area contributed by atoms with Crippen LogP contribution in [-0.2, 0) is 16.1 Å². The Bertz CT molecular complexity index is 2430. The van der Waals surface area contributed by atoms with Crippen LogP contribution in [0.4, 0.5) is 27.9 Å². The molecule has 4 aromatic rings. The van der Waals surface area contributed by atoms with Gasteiger partial charge in [0, 0.05) is 86.7 Å². The number of carbonyl (C=O) groups is 5. The summed E-state index contributed by atoms with van der Waals surface area (Å²) in [7, 11) is 1.60. The number of hydrogen-bond donors (Lipinski definition) is 6. The number of aryl methyl sites for hydroxylation is 1. The van der Waals surface area contributed by atoms with Crippen LogP contribution in [0, 0.1) is 18.8 Å². The molecule has 326 valence electrons. The fraction of sp³-hybridized carbons (Fsp3) is 0.396. The van der Waals surface area contributed by atoms with E-state index >= 15 is 0 Å². The first-order chi connectivity index (χ1) is 30.6. The minimum Gasteiger partial charge on any atom is -0.355 e. The van der Waals surface area contributed by atoms with Gasteiger partial charge in [0.2, 0.25) is 17.8 Å². The van der Waals surface area contributed by atoms with Crippen LogP contribution in [0.15, 0.2) is 72.9 Å². The predicted molar refractivity (Wildman–Crippen MR) is 240 cm³/mol. The number of amides is 6. The van der Waals surface area contributed by atoms with Gasteiger partial charge in [0.25, 0.3) is 11.8 Å². The summed E-state index contributed by atoms with van der Waals surface area (Å²) in [6, 6.07) is 21.1. The third kappa shape index (κ3) is 10.1. The summed E-state index contributed by atoms with van der Waals surface area (Å²) in [5, 5.41) is 18.6. The van der Waals surface area contributed by atoms with Crippen LogP contribution in [0.3, 0.4) is 0 Å². The average Bonchev–Trinajstić information content (AvgIpc) is 3.64. The van der Waals surface area contributed by atoms with E-state index in [9.17, 15) is 24.0 Å². The van der Waals surface area contributed by atoms with Crippen molar-refractivity contribution in [2.75, 3.05) is 37.3 Å². The second-order valence-electron chi connectivity index (χ2n) is 16.7. The zero-order valence-electron chi connectivity index (χ0n) is 35.8. The van der Waals surface area contributed by atoms with Crippen molar-refractivity contribution in [1.82, 2.24) is 41.0 Å². The number of aromatic nitrogens is 2. The molecule has 0 bridgehead atoms. The van der Waals surface area contributed by atoms with E-state index in [0.717, 1.165) is 67.4 Å². The van der Waals surface area contributed by atoms with Crippen LogP contribution >= 0.6 is 0 Å². The topological polar surface area (TPSA) is 190 Å². The lowest BCUT2D eigenvalue weighted by molar-refractivity contribution is -0.136. The largest absolute Gasteiger partial charge is 0.355 e. The van der Waals surface area contributed by atoms with Gasteiger partial charge in [-0.05, 0) is 105 Å². The first kappa shape index (κ1) is 42.9. The van der Waals surface area contributed by atoms with Gasteiger partial charge in [0.1, 0.15) is 11.9 Å². The molecular weight excluding hydrogens is 797 g/mol. The van der Waals surface area contributed by atoms with Gasteiger partial charge in [-0.25, -0.2) is 9.78 Å². The molecule has 1 unspecified atom stereocenters. The number of carbonyl (C=O) groups excluding carboxylic acids is 5. The molecule has 8 rings (SSSR count). The van der Waals surface area contributed by atoms with Crippen LogP contribution in [0.2, 0.25) is 0 Å². The Morgan fingerprint density at radius 2 is 1.63 bits per heavy atom. The fourth-order valence-electron chi connectivity index (χ4n) is 8.97. The molecule has 1 aliphatic carbocycles. The Hall–Kier alpha value is -6.79. The summed E-state index contributed by atoms with van der Waals surface area (Å²) in [6.45, 7) is 4.40. The Morgan fingerprint density at radius 1 is 0.873 bits per heavy atom. The molecule has 15 heteroatoms. The highest BCUT2D eigenvalue weighted by Gasteiger charge is 2.39. The highest BCUT2D eigenvalue weighted by Crippen LogP contribution is 2.32. The van der Waals surface area contributed by atoms with Crippen LogP contribution in [0.25, 0.3) is 0 Å². The molecule has 15 nitrogen and oxygen atoms in total. The number of para-hydroxylation sites is 1. The number of urea groups is 1. The van der Waals surface area contributed by atoms with Crippen molar-refractivity contribution in [3.05, 3.63) is 106 Å². The lowest BCUT2D eigenvalue weighted by Crippen LogP contribution is -2.52. The smallest absolute Gasteiger partial charge is 0.317 e. The zero-order valence-corrected chi connectivity index (χ0v) is 35.8. The normalized spacial score (nSPS) is 20.0. The maximum absolute atomic E-state index is 13.3. The average molecular weight is 851 g/mol. The molecule has 3 fully saturated rings. The van der Waals surface area contributed by atoms with Crippen LogP contribution in [0.1, 0.15) is 107 Å². The van der Waals surface area contributed by atoms with E-state index < -0.39 is 11.9 Å². The number of anilines is 4. The lowest BCUT2D eigenvalue weighted by Gasteiger charge is -2.35. The van der Waals surface area contributed by atoms with E-state index in [1.165, 1.54) is 5.56 Å². The molecule has 1 saturated carbocycles. The Kier molecular flexibility index (Phi) is 13.3. The molecule has 3 aliphatic heterocycles. The maximum Gasteiger partial charge on any atom is 0.317 e. The van der Waals surface area contributed by atoms with Gasteiger partial charge in [-0.2, -0.15) is 4.98 Å². The highest BCUT2D eigenvalue weighted by molar-refractivity contribution is 6.05. The van der Waals surface area contributed by atoms with E-state index in [2.05, 4.69) is 65.8 Å². The SMILES string of the molecule is CNC(=O)c1ccccc1Nc1nc(Nc2ccc(C3CCN(C(=O)NC4CCC(NCCC#Cc5cccc6c5CN(C5CCC(=O)NC5=O)C6=O)CC4)CC3)cc2)ncc1C. The Balaban J connectivity index is 0.737. The number of imide groups is 1. The standard InChI is InChI=1S/C48H54N10O5/c1-30-28-51-47(56-43(30)54-40-12-4-3-10-38(40)44(60)49-2)52-35-15-13-31(14-16-35)32-23-26-57(27-24-32)48(63)53-36-19-17-34(18-20-36)50-25-6-5-8-33-9-7-11-37-39(33)29-58(46(37)62)41-21-22-42(59)55-45(41)61/h3-4,7,9-16,28,32,34,36,41,50H,6,17-27,29H2,1-2H3,(H,49,60)(H,53,63)(H,55,59,61)(H2,51,52,54,56). The number of rotatable bonds is 11. The summed E-state index contributed by atoms with van der Waals surface area (Å²) >= 11 is 0. The van der Waals surface area contributed by atoms with Crippen LogP contribution < -0.4 is 31.9 Å². The summed E-state index contributed by atoms with van der Waals surface area (Å²) in [6.07, 6.45) is 8.58. The van der Waals surface area contributed by atoms with Crippen LogP contribution in [-0.4, -0.2) is 94.2 Å². The second-order valence-corrected chi connectivity index (χ2v) is 16.7. The molecule has 3 aromatic carbocycles. The molecule has 2 saturated heterocycles. The molecule has 1 aromatic heterocycles. The van der Waals surface area contributed by atoms with Gasteiger partial charge in [-0.1, -0.05) is 42.2 Å². The van der Waals surface area contributed by atoms with Crippen molar-refractivity contribution >= 4 is 52.8 Å². The number of fused-ring (bicyclic) bond motifs is 1. The number of piperidine rings is 2. The molecule has 0 spiro atoms. The van der Waals surface area contributed by atoms with Crippen molar-refractivity contribution < 1.29 is 24.0 Å². The van der Waals surface area contributed by atoms with Gasteiger partial charge < -0.3 is 36.4 Å². The van der Waals surface area contributed by atoms with Gasteiger partial charge in [-0.3, -0.25) is 24.5 Å². The summed E-state index contributed by atoms with van der Waals surface area (Å²) < 4.78 is 0. The van der Waals surface area contributed by atoms with Crippen molar-refractivity contribution in [1.29, 1.82) is 0 Å². The number of likely N-dealkylation sites (tertiary alicyclic amines) is 1. The van der Waals surface area contributed by atoms with Gasteiger partial charge >= 0.3 is 6.03 Å². The second kappa shape index (κ2) is 19.5. The Labute approximate surface area is 367 Å². The van der Waals surface area contributed by atoms with Gasteiger partial charge in [0.05, 0.1) is 11.3 Å². The number of nitrogens with zero attached hydrogens (tertiary/aromatic N) is 4. The third-order valence-corrected chi connectivity index (χ3v) is 12.6. The van der Waals surface area contributed by atoms with Crippen LogP contribution in [0.5, 0.6) is 0 Å². The van der Waals surface area contributed by atoms with Crippen molar-refractivity contribution in [2.24, 2.45) is 0 Å². The quantitative estimate of drug-likeness (QED) is 0.0628.